The van der Waals surface area contributed by atoms with Crippen LogP contribution in [0.5, 0.6) is 0 Å². The van der Waals surface area contributed by atoms with Crippen LogP contribution in [0.3, 0.4) is 0 Å². The van der Waals surface area contributed by atoms with Crippen LogP contribution < -0.4 is 14.3 Å². The van der Waals surface area contributed by atoms with Gasteiger partial charge in [-0.25, -0.2) is 4.72 Å². The number of halogens is 3. The third-order valence-corrected chi connectivity index (χ3v) is 4.40. The lowest BCUT2D eigenvalue weighted by Crippen LogP contribution is -2.45. The van der Waals surface area contributed by atoms with Crippen LogP contribution in [0.25, 0.3) is 0 Å². The summed E-state index contributed by atoms with van der Waals surface area (Å²) in [6, 6.07) is 3.61. The van der Waals surface area contributed by atoms with E-state index in [0.717, 1.165) is 11.0 Å². The number of alkyl halides is 3. The van der Waals surface area contributed by atoms with Crippen molar-refractivity contribution >= 4 is 21.8 Å². The van der Waals surface area contributed by atoms with E-state index >= 15 is 0 Å². The Morgan fingerprint density at radius 1 is 1.27 bits per heavy atom. The number of carbonyl (C=O) groups is 1. The van der Waals surface area contributed by atoms with Crippen LogP contribution in [-0.2, 0) is 21.2 Å². The second-order valence-corrected chi connectivity index (χ2v) is 6.32. The van der Waals surface area contributed by atoms with Gasteiger partial charge in [-0.15, -0.1) is 0 Å². The number of amides is 1. The molecule has 2 rings (SSSR count). The molecule has 1 heterocycles. The van der Waals surface area contributed by atoms with Gasteiger partial charge < -0.3 is 4.90 Å². The summed E-state index contributed by atoms with van der Waals surface area (Å²) in [5, 5.41) is 0. The van der Waals surface area contributed by atoms with Crippen molar-refractivity contribution in [3.63, 3.8) is 0 Å². The van der Waals surface area contributed by atoms with E-state index in [0.29, 0.717) is 0 Å². The van der Waals surface area contributed by atoms with Gasteiger partial charge in [-0.3, -0.25) is 4.79 Å². The first-order valence-corrected chi connectivity index (χ1v) is 7.82. The van der Waals surface area contributed by atoms with Gasteiger partial charge >= 0.3 is 6.18 Å². The molecule has 0 unspecified atom stereocenters. The molecule has 0 radical (unpaired) electrons. The summed E-state index contributed by atoms with van der Waals surface area (Å²) in [6.45, 7) is 0.00281. The van der Waals surface area contributed by atoms with E-state index in [1.165, 1.54) is 25.2 Å². The number of anilines is 1. The minimum absolute atomic E-state index is 0.00281. The highest BCUT2D eigenvalue weighted by molar-refractivity contribution is 7.87. The molecule has 1 aliphatic rings. The maximum absolute atomic E-state index is 13.0. The van der Waals surface area contributed by atoms with E-state index < -0.39 is 33.9 Å². The average molecular weight is 337 g/mol. The summed E-state index contributed by atoms with van der Waals surface area (Å²) in [7, 11) is -2.68. The van der Waals surface area contributed by atoms with Crippen LogP contribution in [0.4, 0.5) is 18.9 Å². The molecular formula is C12H14F3N3O3S. The quantitative estimate of drug-likeness (QED) is 0.856. The number of nitrogens with zero attached hydrogens (tertiary/aromatic N) is 1. The lowest BCUT2D eigenvalue weighted by Gasteiger charge is -2.21. The van der Waals surface area contributed by atoms with Crippen LogP contribution in [-0.4, -0.2) is 34.0 Å². The SMILES string of the molecule is CNS(=O)(=O)N[C@@H]1CCN(c2ccccc2C(F)(F)F)C1=O. The topological polar surface area (TPSA) is 78.5 Å². The standard InChI is InChI=1S/C12H14F3N3O3S/c1-16-22(20,21)17-9-6-7-18(11(9)19)10-5-3-2-4-8(10)12(13,14)15/h2-5,9,16-17H,6-7H2,1H3/t9-/m1/s1. The Balaban J connectivity index is 2.28. The molecule has 0 aromatic heterocycles. The molecule has 1 aromatic rings. The molecule has 2 N–H and O–H groups in total. The molecule has 0 bridgehead atoms. The normalized spacial score (nSPS) is 19.7. The summed E-state index contributed by atoms with van der Waals surface area (Å²) in [5.41, 5.74) is -1.20. The van der Waals surface area contributed by atoms with Gasteiger partial charge in [-0.2, -0.15) is 26.3 Å². The van der Waals surface area contributed by atoms with Crippen LogP contribution in [0.1, 0.15) is 12.0 Å². The molecule has 1 aromatic carbocycles. The molecule has 1 atom stereocenters. The lowest BCUT2D eigenvalue weighted by molar-refractivity contribution is -0.137. The summed E-state index contributed by atoms with van der Waals surface area (Å²) in [5.74, 6) is -0.712. The highest BCUT2D eigenvalue weighted by Crippen LogP contribution is 2.37. The van der Waals surface area contributed by atoms with Crippen molar-refractivity contribution in [1.82, 2.24) is 9.44 Å². The molecule has 0 spiro atoms. The molecule has 6 nitrogen and oxygen atoms in total. The molecule has 1 fully saturated rings. The van der Waals surface area contributed by atoms with Crippen molar-refractivity contribution in [1.29, 1.82) is 0 Å². The predicted molar refractivity (Wildman–Crippen MR) is 73.3 cm³/mol. The Morgan fingerprint density at radius 3 is 2.50 bits per heavy atom. The first-order valence-electron chi connectivity index (χ1n) is 6.34. The van der Waals surface area contributed by atoms with Crippen molar-refractivity contribution in [2.24, 2.45) is 0 Å². The van der Waals surface area contributed by atoms with Crippen LogP contribution in [0, 0.1) is 0 Å². The largest absolute Gasteiger partial charge is 0.418 e. The Hall–Kier alpha value is -1.65. The van der Waals surface area contributed by atoms with E-state index in [9.17, 15) is 26.4 Å². The summed E-state index contributed by atoms with van der Waals surface area (Å²) in [4.78, 5) is 13.1. The number of hydrogen-bond acceptors (Lipinski definition) is 3. The monoisotopic (exact) mass is 337 g/mol. The summed E-state index contributed by atoms with van der Waals surface area (Å²) in [6.07, 6.45) is -4.51. The summed E-state index contributed by atoms with van der Waals surface area (Å²) < 4.78 is 65.9. The fourth-order valence-corrected chi connectivity index (χ4v) is 2.93. The van der Waals surface area contributed by atoms with E-state index in [1.54, 1.807) is 0 Å². The molecule has 0 saturated carbocycles. The van der Waals surface area contributed by atoms with E-state index in [-0.39, 0.29) is 18.7 Å². The molecule has 122 valence electrons. The second-order valence-electron chi connectivity index (χ2n) is 4.67. The van der Waals surface area contributed by atoms with Crippen LogP contribution in [0.15, 0.2) is 24.3 Å². The zero-order chi connectivity index (χ0) is 16.5. The molecule has 10 heteroatoms. The average Bonchev–Trinajstić information content (AvgIpc) is 2.79. The molecule has 1 saturated heterocycles. The molecule has 1 aliphatic heterocycles. The third-order valence-electron chi connectivity index (χ3n) is 3.27. The zero-order valence-corrected chi connectivity index (χ0v) is 12.3. The second kappa shape index (κ2) is 5.86. The van der Waals surface area contributed by atoms with Crippen molar-refractivity contribution in [2.45, 2.75) is 18.6 Å². The maximum atomic E-state index is 13.0. The smallest absolute Gasteiger partial charge is 0.310 e. The lowest BCUT2D eigenvalue weighted by atomic mass is 10.1. The van der Waals surface area contributed by atoms with E-state index in [1.807, 2.05) is 4.72 Å². The van der Waals surface area contributed by atoms with Gasteiger partial charge in [-0.05, 0) is 18.6 Å². The third kappa shape index (κ3) is 3.39. The molecule has 22 heavy (non-hydrogen) atoms. The van der Waals surface area contributed by atoms with Gasteiger partial charge in [0.2, 0.25) is 5.91 Å². The number of hydrogen-bond donors (Lipinski definition) is 2. The molecule has 1 amide bonds. The van der Waals surface area contributed by atoms with Crippen LogP contribution >= 0.6 is 0 Å². The Kier molecular flexibility index (Phi) is 4.45. The van der Waals surface area contributed by atoms with E-state index in [2.05, 4.69) is 4.72 Å². The van der Waals surface area contributed by atoms with Gasteiger partial charge in [-0.1, -0.05) is 12.1 Å². The van der Waals surface area contributed by atoms with Crippen molar-refractivity contribution < 1.29 is 26.4 Å². The maximum Gasteiger partial charge on any atom is 0.418 e. The van der Waals surface area contributed by atoms with Gasteiger partial charge in [0.15, 0.2) is 0 Å². The Morgan fingerprint density at radius 2 is 1.91 bits per heavy atom. The van der Waals surface area contributed by atoms with Gasteiger partial charge in [0, 0.05) is 13.6 Å². The number of rotatable bonds is 4. The predicted octanol–water partition coefficient (Wildman–Crippen LogP) is 0.865. The first-order chi connectivity index (χ1) is 10.2. The Labute approximate surface area is 125 Å². The van der Waals surface area contributed by atoms with Gasteiger partial charge in [0.25, 0.3) is 10.2 Å². The molecule has 0 aliphatic carbocycles. The van der Waals surface area contributed by atoms with Crippen molar-refractivity contribution in [2.75, 3.05) is 18.5 Å². The van der Waals surface area contributed by atoms with Gasteiger partial charge in [0.1, 0.15) is 6.04 Å². The van der Waals surface area contributed by atoms with Crippen molar-refractivity contribution in [3.05, 3.63) is 29.8 Å². The van der Waals surface area contributed by atoms with Crippen LogP contribution in [0.2, 0.25) is 0 Å². The zero-order valence-electron chi connectivity index (χ0n) is 11.5. The fourth-order valence-electron chi connectivity index (χ4n) is 2.22. The molecular weight excluding hydrogens is 323 g/mol. The van der Waals surface area contributed by atoms with E-state index in [4.69, 9.17) is 0 Å². The number of benzene rings is 1. The summed E-state index contributed by atoms with van der Waals surface area (Å²) >= 11 is 0. The number of para-hydroxylation sites is 1. The highest BCUT2D eigenvalue weighted by atomic mass is 32.2. The van der Waals surface area contributed by atoms with Gasteiger partial charge in [0.05, 0.1) is 11.3 Å². The fraction of sp³-hybridized carbons (Fsp3) is 0.417. The minimum atomic E-state index is -4.60. The number of nitrogens with one attached hydrogen (secondary N) is 2. The number of carbonyl (C=O) groups excluding carboxylic acids is 1. The minimum Gasteiger partial charge on any atom is -0.310 e. The first kappa shape index (κ1) is 16.7. The highest BCUT2D eigenvalue weighted by Gasteiger charge is 2.40. The van der Waals surface area contributed by atoms with Crippen molar-refractivity contribution in [3.8, 4) is 0 Å². The Bertz CT molecular complexity index is 676.